The zero-order valence-electron chi connectivity index (χ0n) is 15.0. The standard InChI is InChI=1S/C19H19FN4O3S/c20-14-3-1-13(2-4-14)17(23-7-9-27-10-8-23)12-21-19-22-16-6-5-15(24(25)26)11-18(16)28-19/h1-6,11,17H,7-10,12H2,(H,21,22). The molecule has 0 amide bonds. The number of hydrogen-bond acceptors (Lipinski definition) is 7. The molecule has 146 valence electrons. The Morgan fingerprint density at radius 3 is 2.71 bits per heavy atom. The highest BCUT2D eigenvalue weighted by atomic mass is 32.1. The van der Waals surface area contributed by atoms with Gasteiger partial charge in [0.05, 0.1) is 34.4 Å². The molecule has 0 radical (unpaired) electrons. The van der Waals surface area contributed by atoms with Gasteiger partial charge in [0.2, 0.25) is 0 Å². The molecule has 0 aliphatic carbocycles. The third-order valence-corrected chi connectivity index (χ3v) is 5.75. The molecule has 0 spiro atoms. The number of nitro groups is 1. The summed E-state index contributed by atoms with van der Waals surface area (Å²) in [6, 6.07) is 11.3. The second-order valence-electron chi connectivity index (χ2n) is 6.52. The molecule has 1 aliphatic rings. The number of rotatable bonds is 6. The lowest BCUT2D eigenvalue weighted by atomic mass is 10.0. The van der Waals surface area contributed by atoms with Crippen LogP contribution in [-0.4, -0.2) is 47.7 Å². The van der Waals surface area contributed by atoms with Crippen LogP contribution in [0.15, 0.2) is 42.5 Å². The third kappa shape index (κ3) is 4.11. The number of nitro benzene ring substituents is 1. The van der Waals surface area contributed by atoms with Gasteiger partial charge in [0.25, 0.3) is 5.69 Å². The predicted octanol–water partition coefficient (Wildman–Crippen LogP) is 3.83. The quantitative estimate of drug-likeness (QED) is 0.499. The molecule has 0 bridgehead atoms. The maximum atomic E-state index is 13.3. The Kier molecular flexibility index (Phi) is 5.47. The lowest BCUT2D eigenvalue weighted by Crippen LogP contribution is -2.41. The summed E-state index contributed by atoms with van der Waals surface area (Å²) in [6.07, 6.45) is 0. The van der Waals surface area contributed by atoms with E-state index in [4.69, 9.17) is 4.74 Å². The first-order valence-corrected chi connectivity index (χ1v) is 9.78. The smallest absolute Gasteiger partial charge is 0.270 e. The number of morpholine rings is 1. The second-order valence-corrected chi connectivity index (χ2v) is 7.56. The number of non-ortho nitro benzene ring substituents is 1. The van der Waals surface area contributed by atoms with Gasteiger partial charge in [0, 0.05) is 31.8 Å². The summed E-state index contributed by atoms with van der Waals surface area (Å²) in [4.78, 5) is 17.4. The van der Waals surface area contributed by atoms with Gasteiger partial charge < -0.3 is 10.1 Å². The average molecular weight is 402 g/mol. The van der Waals surface area contributed by atoms with Crippen LogP contribution < -0.4 is 5.32 Å². The minimum atomic E-state index is -0.407. The zero-order chi connectivity index (χ0) is 19.5. The van der Waals surface area contributed by atoms with Gasteiger partial charge in [-0.25, -0.2) is 9.37 Å². The van der Waals surface area contributed by atoms with Gasteiger partial charge in [-0.05, 0) is 23.8 Å². The lowest BCUT2D eigenvalue weighted by molar-refractivity contribution is -0.384. The number of nitrogens with one attached hydrogen (secondary N) is 1. The number of ether oxygens (including phenoxy) is 1. The van der Waals surface area contributed by atoms with Crippen LogP contribution in [0.5, 0.6) is 0 Å². The minimum Gasteiger partial charge on any atom is -0.379 e. The van der Waals surface area contributed by atoms with Crippen LogP contribution in [0, 0.1) is 15.9 Å². The second kappa shape index (κ2) is 8.17. The number of anilines is 1. The first-order chi connectivity index (χ1) is 13.6. The molecule has 7 nitrogen and oxygen atoms in total. The fourth-order valence-electron chi connectivity index (χ4n) is 3.32. The molecule has 2 aromatic carbocycles. The van der Waals surface area contributed by atoms with Crippen LogP contribution in [-0.2, 0) is 4.74 Å². The summed E-state index contributed by atoms with van der Waals surface area (Å²) in [6.45, 7) is 3.53. The number of fused-ring (bicyclic) bond motifs is 1. The molecule has 1 unspecified atom stereocenters. The summed E-state index contributed by atoms with van der Waals surface area (Å²) >= 11 is 1.39. The Morgan fingerprint density at radius 2 is 2.00 bits per heavy atom. The Bertz CT molecular complexity index is 973. The van der Waals surface area contributed by atoms with Crippen molar-refractivity contribution in [1.82, 2.24) is 9.88 Å². The van der Waals surface area contributed by atoms with Crippen molar-refractivity contribution >= 4 is 32.4 Å². The van der Waals surface area contributed by atoms with Crippen molar-refractivity contribution in [3.05, 3.63) is 64.0 Å². The summed E-state index contributed by atoms with van der Waals surface area (Å²) in [7, 11) is 0. The molecule has 1 aromatic heterocycles. The summed E-state index contributed by atoms with van der Waals surface area (Å²) < 4.78 is 19.6. The van der Waals surface area contributed by atoms with Crippen molar-refractivity contribution in [2.75, 3.05) is 38.2 Å². The first-order valence-electron chi connectivity index (χ1n) is 8.96. The van der Waals surface area contributed by atoms with E-state index in [1.54, 1.807) is 18.2 Å². The van der Waals surface area contributed by atoms with Crippen molar-refractivity contribution < 1.29 is 14.1 Å². The van der Waals surface area contributed by atoms with E-state index in [0.717, 1.165) is 28.9 Å². The summed E-state index contributed by atoms with van der Waals surface area (Å²) in [5, 5.41) is 15.0. The van der Waals surface area contributed by atoms with Gasteiger partial charge in [-0.3, -0.25) is 15.0 Å². The molecule has 1 saturated heterocycles. The van der Waals surface area contributed by atoms with E-state index < -0.39 is 4.92 Å². The number of thiazole rings is 1. The van der Waals surface area contributed by atoms with Crippen LogP contribution in [0.3, 0.4) is 0 Å². The zero-order valence-corrected chi connectivity index (χ0v) is 15.8. The van der Waals surface area contributed by atoms with Crippen LogP contribution >= 0.6 is 11.3 Å². The van der Waals surface area contributed by atoms with E-state index in [1.807, 2.05) is 0 Å². The van der Waals surface area contributed by atoms with Crippen LogP contribution in [0.1, 0.15) is 11.6 Å². The van der Waals surface area contributed by atoms with E-state index >= 15 is 0 Å². The van der Waals surface area contributed by atoms with Crippen molar-refractivity contribution in [1.29, 1.82) is 0 Å². The van der Waals surface area contributed by atoms with Crippen LogP contribution in [0.2, 0.25) is 0 Å². The largest absolute Gasteiger partial charge is 0.379 e. The van der Waals surface area contributed by atoms with Crippen molar-refractivity contribution in [3.8, 4) is 0 Å². The number of hydrogen-bond donors (Lipinski definition) is 1. The lowest BCUT2D eigenvalue weighted by Gasteiger charge is -2.34. The van der Waals surface area contributed by atoms with Gasteiger partial charge in [0.15, 0.2) is 5.13 Å². The topological polar surface area (TPSA) is 80.5 Å². The van der Waals surface area contributed by atoms with Crippen molar-refractivity contribution in [2.45, 2.75) is 6.04 Å². The van der Waals surface area contributed by atoms with Crippen molar-refractivity contribution in [2.24, 2.45) is 0 Å². The van der Waals surface area contributed by atoms with Crippen LogP contribution in [0.4, 0.5) is 15.2 Å². The predicted molar refractivity (Wildman–Crippen MR) is 106 cm³/mol. The maximum Gasteiger partial charge on any atom is 0.270 e. The van der Waals surface area contributed by atoms with Crippen LogP contribution in [0.25, 0.3) is 10.2 Å². The third-order valence-electron chi connectivity index (χ3n) is 4.77. The molecular weight excluding hydrogens is 383 g/mol. The number of aromatic nitrogens is 1. The van der Waals surface area contributed by atoms with Gasteiger partial charge in [0.1, 0.15) is 5.82 Å². The first kappa shape index (κ1) is 18.7. The van der Waals surface area contributed by atoms with E-state index in [-0.39, 0.29) is 17.5 Å². The Hall–Kier alpha value is -2.62. The molecule has 1 atom stereocenters. The Labute approximate surface area is 164 Å². The van der Waals surface area contributed by atoms with Gasteiger partial charge >= 0.3 is 0 Å². The van der Waals surface area contributed by atoms with E-state index in [0.29, 0.717) is 24.9 Å². The molecule has 0 saturated carbocycles. The fraction of sp³-hybridized carbons (Fsp3) is 0.316. The normalized spacial score (nSPS) is 16.2. The molecule has 1 aliphatic heterocycles. The molecule has 28 heavy (non-hydrogen) atoms. The highest BCUT2D eigenvalue weighted by Crippen LogP contribution is 2.30. The monoisotopic (exact) mass is 402 g/mol. The molecule has 1 N–H and O–H groups in total. The number of halogens is 1. The fourth-order valence-corrected chi connectivity index (χ4v) is 4.22. The molecule has 1 fully saturated rings. The van der Waals surface area contributed by atoms with E-state index in [1.165, 1.54) is 35.6 Å². The maximum absolute atomic E-state index is 13.3. The molecule has 4 rings (SSSR count). The Morgan fingerprint density at radius 1 is 1.25 bits per heavy atom. The number of benzene rings is 2. The summed E-state index contributed by atoms with van der Waals surface area (Å²) in [5.41, 5.74) is 1.80. The van der Waals surface area contributed by atoms with Crippen molar-refractivity contribution in [3.63, 3.8) is 0 Å². The number of nitrogens with zero attached hydrogens (tertiary/aromatic N) is 3. The summed E-state index contributed by atoms with van der Waals surface area (Å²) in [5.74, 6) is -0.259. The molecule has 2 heterocycles. The van der Waals surface area contributed by atoms with Gasteiger partial charge in [-0.2, -0.15) is 0 Å². The highest BCUT2D eigenvalue weighted by molar-refractivity contribution is 7.22. The minimum absolute atomic E-state index is 0.0471. The molecular formula is C19H19FN4O3S. The Balaban J connectivity index is 1.54. The van der Waals surface area contributed by atoms with Gasteiger partial charge in [-0.15, -0.1) is 0 Å². The average Bonchev–Trinajstić information content (AvgIpc) is 3.12. The molecule has 9 heteroatoms. The highest BCUT2D eigenvalue weighted by Gasteiger charge is 2.23. The van der Waals surface area contributed by atoms with E-state index in [2.05, 4.69) is 15.2 Å². The SMILES string of the molecule is O=[N+]([O-])c1ccc2nc(NCC(c3ccc(F)cc3)N3CCOCC3)sc2c1. The van der Waals surface area contributed by atoms with Gasteiger partial charge in [-0.1, -0.05) is 23.5 Å². The van der Waals surface area contributed by atoms with E-state index in [9.17, 15) is 14.5 Å². The molecule has 3 aromatic rings.